The minimum Gasteiger partial charge on any atom is -0.357 e. The summed E-state index contributed by atoms with van der Waals surface area (Å²) in [5.74, 6) is 0. The van der Waals surface area contributed by atoms with Crippen LogP contribution in [0.1, 0.15) is 5.56 Å². The van der Waals surface area contributed by atoms with Gasteiger partial charge in [0, 0.05) is 29.7 Å². The van der Waals surface area contributed by atoms with Crippen molar-refractivity contribution in [1.82, 2.24) is 34.8 Å². The van der Waals surface area contributed by atoms with Crippen LogP contribution in [0.3, 0.4) is 0 Å². The van der Waals surface area contributed by atoms with Crippen molar-refractivity contribution in [3.05, 3.63) is 63.2 Å². The lowest BCUT2D eigenvalue weighted by Gasteiger charge is -2.14. The summed E-state index contributed by atoms with van der Waals surface area (Å²) < 4.78 is 0. The Morgan fingerprint density at radius 1 is 0.933 bits per heavy atom. The quantitative estimate of drug-likeness (QED) is 0.308. The van der Waals surface area contributed by atoms with Crippen molar-refractivity contribution in [3.8, 4) is 22.8 Å². The van der Waals surface area contributed by atoms with E-state index in [9.17, 15) is 9.59 Å². The predicted octanol–water partition coefficient (Wildman–Crippen LogP) is 2.19. The van der Waals surface area contributed by atoms with Crippen molar-refractivity contribution in [1.29, 1.82) is 0 Å². The molecule has 0 aliphatic rings. The van der Waals surface area contributed by atoms with E-state index in [-0.39, 0.29) is 11.1 Å². The molecule has 5 N–H and O–H groups in total. The zero-order valence-electron chi connectivity index (χ0n) is 16.6. The van der Waals surface area contributed by atoms with Gasteiger partial charge in [-0.25, -0.2) is 4.98 Å². The summed E-state index contributed by atoms with van der Waals surface area (Å²) in [5.41, 5.74) is 4.16. The molecule has 0 unspecified atom stereocenters. The normalized spacial score (nSPS) is 11.8. The van der Waals surface area contributed by atoms with E-state index in [1.54, 1.807) is 18.7 Å². The maximum absolute atomic E-state index is 12.7. The van der Waals surface area contributed by atoms with Crippen LogP contribution in [0.2, 0.25) is 0 Å². The number of aromatic nitrogens is 6. The lowest BCUT2D eigenvalue weighted by atomic mass is 10.0. The van der Waals surface area contributed by atoms with Crippen molar-refractivity contribution >= 4 is 21.8 Å². The molecule has 0 radical (unpaired) electrons. The first-order chi connectivity index (χ1) is 14.5. The van der Waals surface area contributed by atoms with Gasteiger partial charge in [0.2, 0.25) is 0 Å². The highest BCUT2D eigenvalue weighted by molar-refractivity contribution is 5.90. The van der Waals surface area contributed by atoms with E-state index in [1.807, 2.05) is 32.3 Å². The first-order valence-corrected chi connectivity index (χ1v) is 9.64. The fourth-order valence-corrected chi connectivity index (χ4v) is 3.89. The van der Waals surface area contributed by atoms with E-state index in [1.165, 1.54) is 0 Å². The van der Waals surface area contributed by atoms with Gasteiger partial charge in [0.15, 0.2) is 0 Å². The number of fused-ring (bicyclic) bond motifs is 2. The third-order valence-electron chi connectivity index (χ3n) is 5.35. The van der Waals surface area contributed by atoms with Crippen molar-refractivity contribution in [2.24, 2.45) is 0 Å². The van der Waals surface area contributed by atoms with Crippen molar-refractivity contribution < 1.29 is 0 Å². The Morgan fingerprint density at radius 3 is 2.53 bits per heavy atom. The van der Waals surface area contributed by atoms with E-state index >= 15 is 0 Å². The molecule has 5 aromatic heterocycles. The zero-order valence-corrected chi connectivity index (χ0v) is 16.6. The smallest absolute Gasteiger partial charge is 0.272 e. The van der Waals surface area contributed by atoms with E-state index < -0.39 is 0 Å². The number of nitrogens with one attached hydrogen (secondary N) is 5. The van der Waals surface area contributed by atoms with E-state index in [0.29, 0.717) is 33.8 Å². The summed E-state index contributed by atoms with van der Waals surface area (Å²) in [6, 6.07) is 5.64. The summed E-state index contributed by atoms with van der Waals surface area (Å²) in [6.07, 6.45) is 5.80. The van der Waals surface area contributed by atoms with Crippen LogP contribution in [-0.2, 0) is 6.42 Å². The molecular weight excluding hydrogens is 382 g/mol. The number of hydrogen-bond donors (Lipinski definition) is 5. The Kier molecular flexibility index (Phi) is 4.18. The number of H-pyrrole nitrogens is 5. The largest absolute Gasteiger partial charge is 0.357 e. The van der Waals surface area contributed by atoms with Crippen molar-refractivity contribution in [3.63, 3.8) is 0 Å². The summed E-state index contributed by atoms with van der Waals surface area (Å²) in [5, 5.41) is 1.68. The monoisotopic (exact) mass is 403 g/mol. The van der Waals surface area contributed by atoms with Crippen LogP contribution in [0, 0.1) is 0 Å². The van der Waals surface area contributed by atoms with Crippen LogP contribution in [0.15, 0.2) is 46.5 Å². The van der Waals surface area contributed by atoms with Gasteiger partial charge in [0.1, 0.15) is 16.7 Å². The van der Waals surface area contributed by atoms with Gasteiger partial charge < -0.3 is 29.8 Å². The highest BCUT2D eigenvalue weighted by atomic mass is 16.1. The SMILES string of the molecule is CN(C)CCc1c(-c2[nH]cnc2-c2cc3cc[nH]c3c(=O)[nH]2)[nH]c(=O)c2[nH]ccc12. The molecule has 0 aliphatic carbocycles. The molecule has 9 nitrogen and oxygen atoms in total. The number of aromatic amines is 5. The molecule has 152 valence electrons. The van der Waals surface area contributed by atoms with Crippen LogP contribution in [0.25, 0.3) is 44.6 Å². The molecule has 0 aliphatic heterocycles. The molecule has 0 aromatic carbocycles. The number of pyridine rings is 2. The van der Waals surface area contributed by atoms with Crippen LogP contribution in [-0.4, -0.2) is 55.4 Å². The average molecular weight is 403 g/mol. The Balaban J connectivity index is 1.74. The molecule has 0 saturated carbocycles. The average Bonchev–Trinajstić information content (AvgIpc) is 3.46. The molecule has 9 heteroatoms. The second-order valence-corrected chi connectivity index (χ2v) is 7.57. The molecule has 5 rings (SSSR count). The maximum atomic E-state index is 12.7. The third kappa shape index (κ3) is 2.87. The van der Waals surface area contributed by atoms with Gasteiger partial charge in [0.25, 0.3) is 11.1 Å². The van der Waals surface area contributed by atoms with Crippen molar-refractivity contribution in [2.75, 3.05) is 20.6 Å². The van der Waals surface area contributed by atoms with Crippen LogP contribution in [0.4, 0.5) is 0 Å². The number of likely N-dealkylation sites (N-methyl/N-ethyl adjacent to an activating group) is 1. The predicted molar refractivity (Wildman–Crippen MR) is 117 cm³/mol. The topological polar surface area (TPSA) is 129 Å². The summed E-state index contributed by atoms with van der Waals surface area (Å²) in [6.45, 7) is 0.814. The Morgan fingerprint density at radius 2 is 1.70 bits per heavy atom. The Hall–Kier alpha value is -3.85. The fraction of sp³-hybridized carbons (Fsp3) is 0.190. The molecule has 30 heavy (non-hydrogen) atoms. The lowest BCUT2D eigenvalue weighted by molar-refractivity contribution is 0.414. The van der Waals surface area contributed by atoms with Gasteiger partial charge >= 0.3 is 0 Å². The molecule has 0 spiro atoms. The second-order valence-electron chi connectivity index (χ2n) is 7.57. The minimum absolute atomic E-state index is 0.200. The van der Waals surface area contributed by atoms with Gasteiger partial charge in [-0.3, -0.25) is 9.59 Å². The third-order valence-corrected chi connectivity index (χ3v) is 5.35. The highest BCUT2D eigenvalue weighted by Gasteiger charge is 2.20. The Bertz CT molecular complexity index is 1480. The summed E-state index contributed by atoms with van der Waals surface area (Å²) in [4.78, 5) is 46.7. The molecule has 0 bridgehead atoms. The highest BCUT2D eigenvalue weighted by Crippen LogP contribution is 2.32. The Labute approximate surface area is 170 Å². The van der Waals surface area contributed by atoms with Crippen LogP contribution < -0.4 is 11.1 Å². The van der Waals surface area contributed by atoms with E-state index in [0.717, 1.165) is 29.3 Å². The minimum atomic E-state index is -0.219. The molecule has 5 heterocycles. The number of nitrogens with zero attached hydrogens (tertiary/aromatic N) is 2. The van der Waals surface area contributed by atoms with E-state index in [2.05, 4.69) is 34.8 Å². The number of imidazole rings is 1. The number of rotatable bonds is 5. The fourth-order valence-electron chi connectivity index (χ4n) is 3.89. The van der Waals surface area contributed by atoms with Gasteiger partial charge in [-0.15, -0.1) is 0 Å². The second kappa shape index (κ2) is 6.89. The van der Waals surface area contributed by atoms with E-state index in [4.69, 9.17) is 0 Å². The first kappa shape index (κ1) is 18.2. The van der Waals surface area contributed by atoms with Crippen LogP contribution >= 0.6 is 0 Å². The van der Waals surface area contributed by atoms with Gasteiger partial charge in [-0.2, -0.15) is 0 Å². The summed E-state index contributed by atoms with van der Waals surface area (Å²) in [7, 11) is 4.02. The van der Waals surface area contributed by atoms with Gasteiger partial charge in [-0.1, -0.05) is 0 Å². The lowest BCUT2D eigenvalue weighted by Crippen LogP contribution is -2.18. The molecule has 0 atom stereocenters. The molecule has 5 aromatic rings. The summed E-state index contributed by atoms with van der Waals surface area (Å²) >= 11 is 0. The zero-order chi connectivity index (χ0) is 20.8. The van der Waals surface area contributed by atoms with Gasteiger partial charge in [0.05, 0.1) is 23.4 Å². The van der Waals surface area contributed by atoms with Crippen LogP contribution in [0.5, 0.6) is 0 Å². The molecule has 0 amide bonds. The van der Waals surface area contributed by atoms with Crippen molar-refractivity contribution in [2.45, 2.75) is 6.42 Å². The molecule has 0 fully saturated rings. The van der Waals surface area contributed by atoms with Gasteiger partial charge in [-0.05, 0) is 44.3 Å². The maximum Gasteiger partial charge on any atom is 0.272 e. The molecular formula is C21H21N7O2. The number of hydrogen-bond acceptors (Lipinski definition) is 4. The molecule has 0 saturated heterocycles. The first-order valence-electron chi connectivity index (χ1n) is 9.64. The standard InChI is InChI=1S/C21H21N7O2/c1-28(2)8-5-13-12-4-7-23-17(12)21(30)27-16(13)19-18(24-10-25-19)14-9-11-3-6-22-15(11)20(29)26-14/h3-4,6-7,9-10,22-23H,5,8H2,1-2H3,(H,24,25)(H,26,29)(H,27,30).